The lowest BCUT2D eigenvalue weighted by Crippen LogP contribution is -2.48. The zero-order chi connectivity index (χ0) is 19.9. The molecule has 2 aliphatic rings. The lowest BCUT2D eigenvalue weighted by molar-refractivity contribution is -0.0322. The van der Waals surface area contributed by atoms with Gasteiger partial charge in [0.15, 0.2) is 17.6 Å². The van der Waals surface area contributed by atoms with Crippen molar-refractivity contribution >= 4 is 0 Å². The second-order valence-electron chi connectivity index (χ2n) is 7.75. The predicted octanol–water partition coefficient (Wildman–Crippen LogP) is 2.02. The van der Waals surface area contributed by atoms with Crippen molar-refractivity contribution in [3.05, 3.63) is 60.2 Å². The van der Waals surface area contributed by atoms with Crippen molar-refractivity contribution < 1.29 is 19.3 Å². The molecule has 156 valence electrons. The van der Waals surface area contributed by atoms with Gasteiger partial charge in [0.25, 0.3) is 0 Å². The van der Waals surface area contributed by atoms with Crippen molar-refractivity contribution in [1.29, 1.82) is 0 Å². The summed E-state index contributed by atoms with van der Waals surface area (Å²) in [6.45, 7) is 6.82. The quantitative estimate of drug-likeness (QED) is 0.734. The van der Waals surface area contributed by atoms with Crippen LogP contribution < -0.4 is 9.47 Å². The molecule has 0 amide bonds. The van der Waals surface area contributed by atoms with E-state index in [1.807, 2.05) is 24.3 Å². The number of β-amino-alcohol motifs (C(OH)–C–C–N with tert-alkyl or cyclic N) is 1. The first-order valence-electron chi connectivity index (χ1n) is 10.4. The fourth-order valence-electron chi connectivity index (χ4n) is 3.80. The zero-order valence-corrected chi connectivity index (χ0v) is 16.8. The molecule has 0 aliphatic carbocycles. The van der Waals surface area contributed by atoms with Crippen LogP contribution in [0.5, 0.6) is 11.5 Å². The molecule has 1 fully saturated rings. The summed E-state index contributed by atoms with van der Waals surface area (Å²) in [5.41, 5.74) is 1.35. The topological polar surface area (TPSA) is 54.4 Å². The molecule has 0 unspecified atom stereocenters. The number of aliphatic hydroxyl groups is 1. The van der Waals surface area contributed by atoms with Gasteiger partial charge in [0, 0.05) is 39.3 Å². The molecular weight excluding hydrogens is 368 g/mol. The first-order chi connectivity index (χ1) is 14.3. The van der Waals surface area contributed by atoms with E-state index in [0.29, 0.717) is 26.4 Å². The number of hydrogen-bond acceptors (Lipinski definition) is 6. The van der Waals surface area contributed by atoms with Gasteiger partial charge in [-0.15, -0.1) is 0 Å². The van der Waals surface area contributed by atoms with Crippen LogP contribution in [0.15, 0.2) is 54.6 Å². The smallest absolute Gasteiger partial charge is 0.161 e. The van der Waals surface area contributed by atoms with Gasteiger partial charge < -0.3 is 19.3 Å². The Hall–Kier alpha value is -2.12. The minimum atomic E-state index is -0.493. The van der Waals surface area contributed by atoms with Crippen LogP contribution in [0, 0.1) is 0 Å². The molecule has 2 atom stereocenters. The molecule has 1 saturated heterocycles. The van der Waals surface area contributed by atoms with Gasteiger partial charge in [0.1, 0.15) is 6.61 Å². The molecule has 0 aromatic heterocycles. The number of aliphatic hydroxyl groups excluding tert-OH is 1. The summed E-state index contributed by atoms with van der Waals surface area (Å²) in [6, 6.07) is 18.2. The van der Waals surface area contributed by atoms with E-state index in [-0.39, 0.29) is 6.10 Å². The van der Waals surface area contributed by atoms with E-state index >= 15 is 0 Å². The molecule has 0 radical (unpaired) electrons. The van der Waals surface area contributed by atoms with Gasteiger partial charge in [0.05, 0.1) is 19.3 Å². The van der Waals surface area contributed by atoms with Crippen molar-refractivity contribution in [3.8, 4) is 11.5 Å². The molecule has 2 heterocycles. The number of nitrogens with zero attached hydrogens (tertiary/aromatic N) is 2. The molecule has 2 aromatic rings. The molecular formula is C23H30N2O4. The number of fused-ring (bicyclic) bond motifs is 1. The summed E-state index contributed by atoms with van der Waals surface area (Å²) in [4.78, 5) is 4.78. The van der Waals surface area contributed by atoms with Crippen LogP contribution in [0.25, 0.3) is 0 Å². The van der Waals surface area contributed by atoms with Gasteiger partial charge in [-0.25, -0.2) is 0 Å². The molecule has 6 nitrogen and oxygen atoms in total. The number of benzene rings is 2. The Balaban J connectivity index is 1.11. The minimum absolute atomic E-state index is 0.140. The van der Waals surface area contributed by atoms with E-state index in [2.05, 4.69) is 40.1 Å². The fraction of sp³-hybridized carbons (Fsp3) is 0.478. The molecule has 2 aromatic carbocycles. The Labute approximate surface area is 172 Å². The highest BCUT2D eigenvalue weighted by Gasteiger charge is 2.22. The monoisotopic (exact) mass is 398 g/mol. The molecule has 6 heteroatoms. The lowest BCUT2D eigenvalue weighted by atomic mass is 10.2. The average molecular weight is 399 g/mol. The maximum Gasteiger partial charge on any atom is 0.161 e. The maximum absolute atomic E-state index is 10.3. The normalized spacial score (nSPS) is 21.1. The number of piperazine rings is 1. The van der Waals surface area contributed by atoms with Crippen molar-refractivity contribution in [2.45, 2.75) is 18.8 Å². The van der Waals surface area contributed by atoms with E-state index < -0.39 is 6.10 Å². The Morgan fingerprint density at radius 2 is 1.62 bits per heavy atom. The average Bonchev–Trinajstić information content (AvgIpc) is 2.76. The van der Waals surface area contributed by atoms with E-state index in [1.165, 1.54) is 5.56 Å². The minimum Gasteiger partial charge on any atom is -0.486 e. The second-order valence-corrected chi connectivity index (χ2v) is 7.75. The number of hydrogen-bond donors (Lipinski definition) is 1. The number of ether oxygens (including phenoxy) is 3. The molecule has 2 aliphatic heterocycles. The van der Waals surface area contributed by atoms with Gasteiger partial charge in [-0.05, 0) is 17.7 Å². The SMILES string of the molecule is O[C@@H](COC[C@H]1COc2ccccc2O1)CN1CCN(Cc2ccccc2)CC1. The molecule has 29 heavy (non-hydrogen) atoms. The highest BCUT2D eigenvalue weighted by atomic mass is 16.6. The Kier molecular flexibility index (Phi) is 7.00. The highest BCUT2D eigenvalue weighted by Crippen LogP contribution is 2.30. The summed E-state index contributed by atoms with van der Waals surface area (Å²) in [5, 5.41) is 10.3. The van der Waals surface area contributed by atoms with Crippen LogP contribution in [0.4, 0.5) is 0 Å². The van der Waals surface area contributed by atoms with E-state index in [0.717, 1.165) is 44.2 Å². The molecule has 0 spiro atoms. The van der Waals surface area contributed by atoms with Crippen molar-refractivity contribution in [1.82, 2.24) is 9.80 Å². The third kappa shape index (κ3) is 5.93. The number of para-hydroxylation sites is 2. The first kappa shape index (κ1) is 20.2. The van der Waals surface area contributed by atoms with E-state index in [1.54, 1.807) is 0 Å². The summed E-state index contributed by atoms with van der Waals surface area (Å²) >= 11 is 0. The Bertz CT molecular complexity index is 750. The van der Waals surface area contributed by atoms with Crippen LogP contribution in [0.1, 0.15) is 5.56 Å². The fourth-order valence-corrected chi connectivity index (χ4v) is 3.80. The largest absolute Gasteiger partial charge is 0.486 e. The van der Waals surface area contributed by atoms with Crippen LogP contribution >= 0.6 is 0 Å². The third-order valence-electron chi connectivity index (χ3n) is 5.36. The second kappa shape index (κ2) is 10.1. The first-order valence-corrected chi connectivity index (χ1v) is 10.4. The van der Waals surface area contributed by atoms with Crippen molar-refractivity contribution in [2.24, 2.45) is 0 Å². The molecule has 0 bridgehead atoms. The van der Waals surface area contributed by atoms with Crippen molar-refractivity contribution in [2.75, 3.05) is 52.5 Å². The summed E-state index contributed by atoms with van der Waals surface area (Å²) in [5.74, 6) is 1.52. The van der Waals surface area contributed by atoms with Gasteiger partial charge >= 0.3 is 0 Å². The predicted molar refractivity (Wildman–Crippen MR) is 111 cm³/mol. The zero-order valence-electron chi connectivity index (χ0n) is 16.8. The summed E-state index contributed by atoms with van der Waals surface area (Å²) in [6.07, 6.45) is -0.633. The molecule has 4 rings (SSSR count). The van der Waals surface area contributed by atoms with Crippen LogP contribution in [-0.2, 0) is 11.3 Å². The third-order valence-corrected chi connectivity index (χ3v) is 5.36. The Morgan fingerprint density at radius 1 is 0.931 bits per heavy atom. The number of rotatable bonds is 8. The molecule has 1 N–H and O–H groups in total. The van der Waals surface area contributed by atoms with Gasteiger partial charge in [-0.3, -0.25) is 9.80 Å². The van der Waals surface area contributed by atoms with Gasteiger partial charge in [-0.2, -0.15) is 0 Å². The van der Waals surface area contributed by atoms with Gasteiger partial charge in [-0.1, -0.05) is 42.5 Å². The maximum atomic E-state index is 10.3. The van der Waals surface area contributed by atoms with Crippen LogP contribution in [0.3, 0.4) is 0 Å². The highest BCUT2D eigenvalue weighted by molar-refractivity contribution is 5.40. The standard InChI is InChI=1S/C23H30N2O4/c26-20(16-27-17-21-18-28-22-8-4-5-9-23(22)29-21)15-25-12-10-24(11-13-25)14-19-6-2-1-3-7-19/h1-9,20-21,26H,10-18H2/t20-,21+/m1/s1. The summed E-state index contributed by atoms with van der Waals surface area (Å²) in [7, 11) is 0. The lowest BCUT2D eigenvalue weighted by Gasteiger charge is -2.35. The van der Waals surface area contributed by atoms with E-state index in [4.69, 9.17) is 14.2 Å². The van der Waals surface area contributed by atoms with Crippen LogP contribution in [-0.4, -0.2) is 79.7 Å². The van der Waals surface area contributed by atoms with Crippen molar-refractivity contribution in [3.63, 3.8) is 0 Å². The summed E-state index contributed by atoms with van der Waals surface area (Å²) < 4.78 is 17.3. The van der Waals surface area contributed by atoms with E-state index in [9.17, 15) is 5.11 Å². The Morgan fingerprint density at radius 3 is 2.41 bits per heavy atom. The van der Waals surface area contributed by atoms with Gasteiger partial charge in [0.2, 0.25) is 0 Å². The molecule has 0 saturated carbocycles. The van der Waals surface area contributed by atoms with Crippen LogP contribution in [0.2, 0.25) is 0 Å².